The molecule has 1 amide bonds. The van der Waals surface area contributed by atoms with Gasteiger partial charge in [0.05, 0.1) is 25.2 Å². The van der Waals surface area contributed by atoms with Gasteiger partial charge in [-0.15, -0.1) is 12.4 Å². The lowest BCUT2D eigenvalue weighted by Gasteiger charge is -2.13. The number of carbonyl (C=O) groups excluding carboxylic acids is 1. The number of hydrogen-bond acceptors (Lipinski definition) is 4. The van der Waals surface area contributed by atoms with Crippen LogP contribution in [0.1, 0.15) is 37.7 Å². The fraction of sp³-hybridized carbons (Fsp3) is 0.588. The van der Waals surface area contributed by atoms with Crippen molar-refractivity contribution in [3.05, 3.63) is 29.8 Å². The maximum Gasteiger partial charge on any atom is 0.227 e. The lowest BCUT2D eigenvalue weighted by atomic mass is 10.2. The van der Waals surface area contributed by atoms with E-state index in [0.29, 0.717) is 19.3 Å². The van der Waals surface area contributed by atoms with E-state index < -0.39 is 0 Å². The highest BCUT2D eigenvalue weighted by Gasteiger charge is 2.15. The van der Waals surface area contributed by atoms with E-state index in [1.54, 1.807) is 7.11 Å². The van der Waals surface area contributed by atoms with Gasteiger partial charge in [0.1, 0.15) is 0 Å². The molecule has 1 saturated carbocycles. The van der Waals surface area contributed by atoms with Gasteiger partial charge in [-0.05, 0) is 30.5 Å². The predicted octanol–water partition coefficient (Wildman–Crippen LogP) is 2.87. The fourth-order valence-electron chi connectivity index (χ4n) is 2.64. The highest BCUT2D eigenvalue weighted by Crippen LogP contribution is 2.22. The molecule has 3 N–H and O–H groups in total. The molecule has 1 aliphatic rings. The predicted molar refractivity (Wildman–Crippen MR) is 93.8 cm³/mol. The zero-order valence-electron chi connectivity index (χ0n) is 13.6. The summed E-state index contributed by atoms with van der Waals surface area (Å²) in [5, 5.41) is 2.85. The molecule has 2 rings (SSSR count). The van der Waals surface area contributed by atoms with Crippen molar-refractivity contribution >= 4 is 24.0 Å². The fourth-order valence-corrected chi connectivity index (χ4v) is 2.64. The average Bonchev–Trinajstić information content (AvgIpc) is 3.05. The first-order valence-electron chi connectivity index (χ1n) is 7.94. The normalized spacial score (nSPS) is 15.9. The molecular weight excluding hydrogens is 316 g/mol. The molecule has 23 heavy (non-hydrogen) atoms. The highest BCUT2D eigenvalue weighted by atomic mass is 35.5. The van der Waals surface area contributed by atoms with Crippen LogP contribution >= 0.6 is 12.4 Å². The molecule has 0 spiro atoms. The molecule has 0 heterocycles. The van der Waals surface area contributed by atoms with E-state index in [4.69, 9.17) is 15.2 Å². The van der Waals surface area contributed by atoms with Crippen LogP contribution in [0.2, 0.25) is 0 Å². The molecule has 1 aliphatic carbocycles. The average molecular weight is 343 g/mol. The Balaban J connectivity index is 0.00000264. The van der Waals surface area contributed by atoms with Crippen molar-refractivity contribution in [3.8, 4) is 0 Å². The molecule has 6 heteroatoms. The largest absolute Gasteiger partial charge is 0.380 e. The molecule has 5 nitrogen and oxygen atoms in total. The van der Waals surface area contributed by atoms with Gasteiger partial charge in [-0.1, -0.05) is 25.0 Å². The van der Waals surface area contributed by atoms with Gasteiger partial charge in [0, 0.05) is 19.3 Å². The number of ether oxygens (including phenoxy) is 2. The Kier molecular flexibility index (Phi) is 9.17. The van der Waals surface area contributed by atoms with Crippen molar-refractivity contribution in [1.29, 1.82) is 0 Å². The van der Waals surface area contributed by atoms with Gasteiger partial charge >= 0.3 is 0 Å². The van der Waals surface area contributed by atoms with Crippen LogP contribution in [-0.2, 0) is 20.9 Å². The minimum Gasteiger partial charge on any atom is -0.380 e. The first-order chi connectivity index (χ1) is 10.7. The van der Waals surface area contributed by atoms with Gasteiger partial charge in [-0.2, -0.15) is 0 Å². The Morgan fingerprint density at radius 3 is 2.52 bits per heavy atom. The zero-order valence-corrected chi connectivity index (χ0v) is 14.4. The molecule has 1 atom stereocenters. The Morgan fingerprint density at radius 2 is 1.96 bits per heavy atom. The smallest absolute Gasteiger partial charge is 0.227 e. The maximum absolute atomic E-state index is 11.9. The number of hydrogen-bond donors (Lipinski definition) is 2. The van der Waals surface area contributed by atoms with Crippen LogP contribution in [0.3, 0.4) is 0 Å². The van der Waals surface area contributed by atoms with Gasteiger partial charge in [-0.25, -0.2) is 0 Å². The summed E-state index contributed by atoms with van der Waals surface area (Å²) >= 11 is 0. The molecular formula is C17H27ClN2O3. The summed E-state index contributed by atoms with van der Waals surface area (Å²) in [4.78, 5) is 11.9. The molecule has 130 valence electrons. The van der Waals surface area contributed by atoms with Gasteiger partial charge < -0.3 is 20.5 Å². The first-order valence-corrected chi connectivity index (χ1v) is 7.94. The topological polar surface area (TPSA) is 73.6 Å². The Morgan fingerprint density at radius 1 is 1.30 bits per heavy atom. The quantitative estimate of drug-likeness (QED) is 0.761. The number of rotatable bonds is 8. The van der Waals surface area contributed by atoms with Gasteiger partial charge in [-0.3, -0.25) is 4.79 Å². The Hall–Kier alpha value is -1.14. The van der Waals surface area contributed by atoms with E-state index in [-0.39, 0.29) is 30.8 Å². The van der Waals surface area contributed by atoms with E-state index in [0.717, 1.165) is 11.3 Å². The van der Waals surface area contributed by atoms with E-state index in [2.05, 4.69) is 5.32 Å². The molecule has 0 radical (unpaired) electrons. The lowest BCUT2D eigenvalue weighted by Crippen LogP contribution is -2.28. The van der Waals surface area contributed by atoms with Crippen LogP contribution in [0.4, 0.5) is 5.69 Å². The number of methoxy groups -OCH3 is 1. The number of benzene rings is 1. The molecule has 1 fully saturated rings. The number of carbonyl (C=O) groups is 1. The molecule has 0 aromatic heterocycles. The summed E-state index contributed by atoms with van der Waals surface area (Å²) in [6.45, 7) is 0.971. The highest BCUT2D eigenvalue weighted by molar-refractivity contribution is 5.91. The maximum atomic E-state index is 11.9. The van der Waals surface area contributed by atoms with E-state index in [9.17, 15) is 4.79 Å². The molecule has 1 aromatic carbocycles. The number of anilines is 1. The minimum absolute atomic E-state index is 0. The molecule has 1 unspecified atom stereocenters. The van der Waals surface area contributed by atoms with E-state index in [1.807, 2.05) is 24.3 Å². The van der Waals surface area contributed by atoms with Crippen molar-refractivity contribution < 1.29 is 14.3 Å². The van der Waals surface area contributed by atoms with Crippen LogP contribution in [0, 0.1) is 0 Å². The summed E-state index contributed by atoms with van der Waals surface area (Å²) in [7, 11) is 1.56. The summed E-state index contributed by atoms with van der Waals surface area (Å²) in [5.41, 5.74) is 7.42. The zero-order chi connectivity index (χ0) is 15.8. The summed E-state index contributed by atoms with van der Waals surface area (Å²) in [5.74, 6) is -0.0905. The molecule has 0 bridgehead atoms. The second-order valence-corrected chi connectivity index (χ2v) is 5.76. The third-order valence-corrected chi connectivity index (χ3v) is 4.03. The summed E-state index contributed by atoms with van der Waals surface area (Å²) < 4.78 is 11.0. The number of halogens is 1. The SMILES string of the molecule is COC(CN)CC(=O)Nc1ccc(COC2CCCC2)cc1.Cl. The second-order valence-electron chi connectivity index (χ2n) is 5.76. The minimum atomic E-state index is -0.237. The van der Waals surface area contributed by atoms with Crippen molar-refractivity contribution in [2.45, 2.75) is 50.9 Å². The molecule has 1 aromatic rings. The number of amides is 1. The van der Waals surface area contributed by atoms with Crippen LogP contribution in [0.15, 0.2) is 24.3 Å². The van der Waals surface area contributed by atoms with Crippen LogP contribution in [-0.4, -0.2) is 31.8 Å². The standard InChI is InChI=1S/C17H26N2O3.ClH/c1-21-16(11-18)10-17(20)19-14-8-6-13(7-9-14)12-22-15-4-2-3-5-15;/h6-9,15-16H,2-5,10-12,18H2,1H3,(H,19,20);1H. The van der Waals surface area contributed by atoms with E-state index in [1.165, 1.54) is 25.7 Å². The van der Waals surface area contributed by atoms with Crippen molar-refractivity contribution in [2.24, 2.45) is 5.73 Å². The van der Waals surface area contributed by atoms with Crippen molar-refractivity contribution in [2.75, 3.05) is 19.0 Å². The molecule has 0 saturated heterocycles. The third-order valence-electron chi connectivity index (χ3n) is 4.03. The summed E-state index contributed by atoms with van der Waals surface area (Å²) in [6.07, 6.45) is 5.36. The van der Waals surface area contributed by atoms with Crippen molar-refractivity contribution in [1.82, 2.24) is 0 Å². The Labute approximate surface area is 144 Å². The van der Waals surface area contributed by atoms with Crippen LogP contribution in [0.25, 0.3) is 0 Å². The Bertz CT molecular complexity index is 457. The third kappa shape index (κ3) is 6.87. The van der Waals surface area contributed by atoms with Crippen LogP contribution < -0.4 is 11.1 Å². The number of nitrogens with one attached hydrogen (secondary N) is 1. The first kappa shape index (κ1) is 19.9. The van der Waals surface area contributed by atoms with E-state index >= 15 is 0 Å². The molecule has 0 aliphatic heterocycles. The van der Waals surface area contributed by atoms with Gasteiger partial charge in [0.2, 0.25) is 5.91 Å². The van der Waals surface area contributed by atoms with Crippen molar-refractivity contribution in [3.63, 3.8) is 0 Å². The monoisotopic (exact) mass is 342 g/mol. The summed E-state index contributed by atoms with van der Waals surface area (Å²) in [6, 6.07) is 7.77. The van der Waals surface area contributed by atoms with Crippen LogP contribution in [0.5, 0.6) is 0 Å². The second kappa shape index (κ2) is 10.6. The number of nitrogens with two attached hydrogens (primary N) is 1. The van der Waals surface area contributed by atoms with Gasteiger partial charge in [0.15, 0.2) is 0 Å². The van der Waals surface area contributed by atoms with Gasteiger partial charge in [0.25, 0.3) is 0 Å². The lowest BCUT2D eigenvalue weighted by molar-refractivity contribution is -0.118.